The number of fused-ring (bicyclic) bond motifs is 1. The van der Waals surface area contributed by atoms with E-state index < -0.39 is 0 Å². The van der Waals surface area contributed by atoms with Crippen LogP contribution in [-0.4, -0.2) is 14.9 Å². The zero-order chi connectivity index (χ0) is 12.5. The Labute approximate surface area is 113 Å². The largest absolute Gasteiger partial charge is 0.334 e. The first-order valence-electron chi connectivity index (χ1n) is 6.61. The van der Waals surface area contributed by atoms with Gasteiger partial charge in [-0.1, -0.05) is 36.7 Å². The van der Waals surface area contributed by atoms with E-state index in [2.05, 4.69) is 52.6 Å². The van der Waals surface area contributed by atoms with Crippen molar-refractivity contribution < 1.29 is 0 Å². The molecule has 1 atom stereocenters. The number of halogens is 1. The van der Waals surface area contributed by atoms with Gasteiger partial charge in [-0.15, -0.1) is 0 Å². The minimum atomic E-state index is 0.343. The quantitative estimate of drug-likeness (QED) is 0.776. The summed E-state index contributed by atoms with van der Waals surface area (Å²) in [6, 6.07) is 0. The Morgan fingerprint density at radius 2 is 2.06 bits per heavy atom. The number of imidazole rings is 1. The number of nitrogens with zero attached hydrogens (tertiary/aromatic N) is 2. The monoisotopic (exact) mass is 298 g/mol. The second kappa shape index (κ2) is 5.13. The molecule has 2 nitrogen and oxygen atoms in total. The summed E-state index contributed by atoms with van der Waals surface area (Å²) in [6.07, 6.45) is 7.08. The summed E-state index contributed by atoms with van der Waals surface area (Å²) in [5, 5.41) is 1.06. The molecule has 3 heteroatoms. The van der Waals surface area contributed by atoms with E-state index in [9.17, 15) is 0 Å². The van der Waals surface area contributed by atoms with Gasteiger partial charge in [-0.3, -0.25) is 0 Å². The first kappa shape index (κ1) is 13.1. The van der Waals surface area contributed by atoms with E-state index in [1.165, 1.54) is 37.1 Å². The third-order valence-electron chi connectivity index (χ3n) is 3.94. The van der Waals surface area contributed by atoms with Gasteiger partial charge in [0.15, 0.2) is 0 Å². The molecular weight excluding hydrogens is 276 g/mol. The van der Waals surface area contributed by atoms with Crippen molar-refractivity contribution >= 4 is 15.9 Å². The van der Waals surface area contributed by atoms with Crippen molar-refractivity contribution in [2.75, 3.05) is 5.33 Å². The lowest BCUT2D eigenvalue weighted by atomic mass is 9.82. The fraction of sp³-hybridized carbons (Fsp3) is 0.786. The molecule has 1 aliphatic carbocycles. The van der Waals surface area contributed by atoms with E-state index in [1.54, 1.807) is 0 Å². The van der Waals surface area contributed by atoms with Crippen molar-refractivity contribution in [3.8, 4) is 0 Å². The van der Waals surface area contributed by atoms with Crippen molar-refractivity contribution in [3.05, 3.63) is 17.7 Å². The van der Waals surface area contributed by atoms with E-state index in [-0.39, 0.29) is 0 Å². The molecule has 1 aromatic rings. The highest BCUT2D eigenvalue weighted by molar-refractivity contribution is 9.09. The highest BCUT2D eigenvalue weighted by Crippen LogP contribution is 2.30. The molecule has 0 saturated heterocycles. The Morgan fingerprint density at radius 3 is 2.71 bits per heavy atom. The minimum Gasteiger partial charge on any atom is -0.334 e. The second-order valence-corrected chi connectivity index (χ2v) is 6.86. The smallest absolute Gasteiger partial charge is 0.0951 e. The Kier molecular flexibility index (Phi) is 3.96. The Bertz CT molecular complexity index is 376. The lowest BCUT2D eigenvalue weighted by Gasteiger charge is -2.30. The van der Waals surface area contributed by atoms with Crippen molar-refractivity contribution in [2.24, 2.45) is 11.3 Å². The molecule has 0 aromatic carbocycles. The van der Waals surface area contributed by atoms with E-state index in [0.29, 0.717) is 11.3 Å². The molecule has 1 heterocycles. The first-order valence-corrected chi connectivity index (χ1v) is 7.73. The Balaban J connectivity index is 2.15. The van der Waals surface area contributed by atoms with Crippen molar-refractivity contribution in [2.45, 2.75) is 53.0 Å². The van der Waals surface area contributed by atoms with Crippen LogP contribution in [0.5, 0.6) is 0 Å². The number of rotatable bonds is 3. The second-order valence-electron chi connectivity index (χ2n) is 6.21. The van der Waals surface area contributed by atoms with Gasteiger partial charge in [0.1, 0.15) is 0 Å². The molecule has 0 spiro atoms. The zero-order valence-corrected chi connectivity index (χ0v) is 12.8. The van der Waals surface area contributed by atoms with Crippen LogP contribution in [0.15, 0.2) is 6.33 Å². The van der Waals surface area contributed by atoms with Crippen LogP contribution in [0.3, 0.4) is 0 Å². The summed E-state index contributed by atoms with van der Waals surface area (Å²) in [7, 11) is 0. The molecule has 0 amide bonds. The van der Waals surface area contributed by atoms with Crippen molar-refractivity contribution in [1.29, 1.82) is 0 Å². The predicted molar refractivity (Wildman–Crippen MR) is 75.6 cm³/mol. The standard InChI is InChI=1S/C14H23BrN2/c1-14(2,3)11(8-15)9-17-10-16-12-6-4-5-7-13(12)17/h10-11H,4-9H2,1-3H3. The molecule has 0 fully saturated rings. The number of aryl methyl sites for hydroxylation is 1. The predicted octanol–water partition coefficient (Wildman–Crippen LogP) is 3.82. The van der Waals surface area contributed by atoms with Crippen LogP contribution in [0.1, 0.15) is 45.0 Å². The molecule has 2 rings (SSSR count). The molecule has 0 bridgehead atoms. The van der Waals surface area contributed by atoms with Crippen molar-refractivity contribution in [3.63, 3.8) is 0 Å². The van der Waals surface area contributed by atoms with Gasteiger partial charge in [0.05, 0.1) is 12.0 Å². The lowest BCUT2D eigenvalue weighted by Crippen LogP contribution is -2.27. The topological polar surface area (TPSA) is 17.8 Å². The maximum absolute atomic E-state index is 4.57. The summed E-state index contributed by atoms with van der Waals surface area (Å²) >= 11 is 3.66. The zero-order valence-electron chi connectivity index (χ0n) is 11.2. The normalized spacial score (nSPS) is 17.9. The average molecular weight is 299 g/mol. The molecular formula is C14H23BrN2. The number of hydrogen-bond acceptors (Lipinski definition) is 1. The van der Waals surface area contributed by atoms with Crippen molar-refractivity contribution in [1.82, 2.24) is 9.55 Å². The minimum absolute atomic E-state index is 0.343. The molecule has 17 heavy (non-hydrogen) atoms. The molecule has 1 aliphatic rings. The van der Waals surface area contributed by atoms with Crippen LogP contribution in [0.2, 0.25) is 0 Å². The van der Waals surface area contributed by atoms with Crippen LogP contribution in [-0.2, 0) is 19.4 Å². The first-order chi connectivity index (χ1) is 8.02. The maximum atomic E-state index is 4.57. The third-order valence-corrected chi connectivity index (χ3v) is 4.72. The van der Waals surface area contributed by atoms with E-state index in [0.717, 1.165) is 11.9 Å². The van der Waals surface area contributed by atoms with Crippen LogP contribution in [0, 0.1) is 11.3 Å². The summed E-state index contributed by atoms with van der Waals surface area (Å²) in [5.74, 6) is 0.655. The summed E-state index contributed by atoms with van der Waals surface area (Å²) < 4.78 is 2.39. The molecule has 1 unspecified atom stereocenters. The van der Waals surface area contributed by atoms with E-state index >= 15 is 0 Å². The Morgan fingerprint density at radius 1 is 1.35 bits per heavy atom. The van der Waals surface area contributed by atoms with E-state index in [4.69, 9.17) is 0 Å². The molecule has 96 valence electrons. The summed E-state index contributed by atoms with van der Waals surface area (Å²) in [6.45, 7) is 8.06. The van der Waals surface area contributed by atoms with Crippen LogP contribution >= 0.6 is 15.9 Å². The molecule has 0 radical (unpaired) electrons. The van der Waals surface area contributed by atoms with Gasteiger partial charge in [0.25, 0.3) is 0 Å². The summed E-state index contributed by atoms with van der Waals surface area (Å²) in [4.78, 5) is 4.57. The number of aromatic nitrogens is 2. The highest BCUT2D eigenvalue weighted by Gasteiger charge is 2.25. The number of hydrogen-bond donors (Lipinski definition) is 0. The van der Waals surface area contributed by atoms with Gasteiger partial charge < -0.3 is 4.57 Å². The van der Waals surface area contributed by atoms with Crippen LogP contribution < -0.4 is 0 Å². The number of alkyl halides is 1. The van der Waals surface area contributed by atoms with E-state index in [1.807, 2.05) is 0 Å². The molecule has 1 aromatic heterocycles. The van der Waals surface area contributed by atoms with Gasteiger partial charge in [-0.2, -0.15) is 0 Å². The van der Waals surface area contributed by atoms with Gasteiger partial charge in [-0.25, -0.2) is 4.98 Å². The van der Waals surface area contributed by atoms with Crippen LogP contribution in [0.4, 0.5) is 0 Å². The molecule has 0 N–H and O–H groups in total. The fourth-order valence-electron chi connectivity index (χ4n) is 2.48. The third kappa shape index (κ3) is 2.93. The maximum Gasteiger partial charge on any atom is 0.0951 e. The van der Waals surface area contributed by atoms with Gasteiger partial charge in [0.2, 0.25) is 0 Å². The van der Waals surface area contributed by atoms with Gasteiger partial charge in [-0.05, 0) is 37.0 Å². The van der Waals surface area contributed by atoms with Crippen LogP contribution in [0.25, 0.3) is 0 Å². The highest BCUT2D eigenvalue weighted by atomic mass is 79.9. The van der Waals surface area contributed by atoms with Gasteiger partial charge in [0, 0.05) is 17.6 Å². The SMILES string of the molecule is CC(C)(C)C(CBr)Cn1cnc2c1CCCC2. The molecule has 0 saturated carbocycles. The fourth-order valence-corrected chi connectivity index (χ4v) is 3.66. The summed E-state index contributed by atoms with van der Waals surface area (Å²) in [5.41, 5.74) is 3.18. The van der Waals surface area contributed by atoms with Gasteiger partial charge >= 0.3 is 0 Å². The lowest BCUT2D eigenvalue weighted by molar-refractivity contribution is 0.237. The Hall–Kier alpha value is -0.310. The molecule has 0 aliphatic heterocycles. The average Bonchev–Trinajstić information content (AvgIpc) is 2.67.